The van der Waals surface area contributed by atoms with Crippen molar-refractivity contribution >= 4 is 16.7 Å². The zero-order valence-electron chi connectivity index (χ0n) is 11.4. The van der Waals surface area contributed by atoms with Crippen LogP contribution in [0, 0.1) is 11.3 Å². The Bertz CT molecular complexity index is 618. The maximum Gasteiger partial charge on any atom is 0.147 e. The van der Waals surface area contributed by atoms with Crippen LogP contribution in [0.5, 0.6) is 0 Å². The van der Waals surface area contributed by atoms with Crippen LogP contribution < -0.4 is 4.90 Å². The molecule has 1 unspecified atom stereocenters. The number of methoxy groups -OCH3 is 1. The molecule has 0 amide bonds. The first-order valence-corrected chi connectivity index (χ1v) is 6.19. The second-order valence-corrected chi connectivity index (χ2v) is 4.58. The molecule has 2 aromatic rings. The number of hydrogen-bond acceptors (Lipinski definition) is 4. The first-order chi connectivity index (χ1) is 9.17. The lowest BCUT2D eigenvalue weighted by Gasteiger charge is -2.26. The van der Waals surface area contributed by atoms with E-state index in [0.29, 0.717) is 18.0 Å². The van der Waals surface area contributed by atoms with Gasteiger partial charge in [-0.2, -0.15) is 5.26 Å². The summed E-state index contributed by atoms with van der Waals surface area (Å²) in [6, 6.07) is 12.1. The van der Waals surface area contributed by atoms with E-state index in [2.05, 4.69) is 11.1 Å². The number of hydrogen-bond donors (Lipinski definition) is 0. The number of para-hydroxylation sites is 1. The first-order valence-electron chi connectivity index (χ1n) is 6.19. The number of ether oxygens (including phenoxy) is 1. The van der Waals surface area contributed by atoms with Gasteiger partial charge < -0.3 is 9.64 Å². The molecule has 0 radical (unpaired) electrons. The fourth-order valence-corrected chi connectivity index (χ4v) is 2.02. The Morgan fingerprint density at radius 2 is 2.16 bits per heavy atom. The molecular weight excluding hydrogens is 238 g/mol. The monoisotopic (exact) mass is 255 g/mol. The molecule has 1 heterocycles. The van der Waals surface area contributed by atoms with Crippen molar-refractivity contribution in [2.75, 3.05) is 25.7 Å². The van der Waals surface area contributed by atoms with Gasteiger partial charge in [0, 0.05) is 19.5 Å². The molecule has 19 heavy (non-hydrogen) atoms. The average molecular weight is 255 g/mol. The molecular formula is C15H17N3O. The van der Waals surface area contributed by atoms with Gasteiger partial charge in [-0.3, -0.25) is 0 Å². The van der Waals surface area contributed by atoms with Gasteiger partial charge in [-0.15, -0.1) is 0 Å². The third-order valence-electron chi connectivity index (χ3n) is 3.23. The van der Waals surface area contributed by atoms with E-state index >= 15 is 0 Å². The Labute approximate surface area is 113 Å². The van der Waals surface area contributed by atoms with E-state index in [-0.39, 0.29) is 6.04 Å². The molecule has 0 aliphatic heterocycles. The van der Waals surface area contributed by atoms with E-state index in [0.717, 1.165) is 10.9 Å². The van der Waals surface area contributed by atoms with Crippen molar-refractivity contribution in [1.29, 1.82) is 5.26 Å². The average Bonchev–Trinajstić information content (AvgIpc) is 2.45. The van der Waals surface area contributed by atoms with Crippen molar-refractivity contribution in [3.63, 3.8) is 0 Å². The predicted molar refractivity (Wildman–Crippen MR) is 76.2 cm³/mol. The van der Waals surface area contributed by atoms with Crippen molar-refractivity contribution in [3.8, 4) is 6.07 Å². The summed E-state index contributed by atoms with van der Waals surface area (Å²) < 4.78 is 5.15. The Morgan fingerprint density at radius 3 is 2.84 bits per heavy atom. The molecule has 1 aromatic heterocycles. The van der Waals surface area contributed by atoms with Gasteiger partial charge in [-0.05, 0) is 19.1 Å². The van der Waals surface area contributed by atoms with Crippen LogP contribution in [0.4, 0.5) is 5.82 Å². The van der Waals surface area contributed by atoms with Crippen LogP contribution in [-0.2, 0) is 4.74 Å². The van der Waals surface area contributed by atoms with Gasteiger partial charge in [0.05, 0.1) is 23.7 Å². The normalized spacial score (nSPS) is 12.1. The Morgan fingerprint density at radius 1 is 1.42 bits per heavy atom. The number of fused-ring (bicyclic) bond motifs is 1. The molecule has 0 aliphatic rings. The van der Waals surface area contributed by atoms with Crippen LogP contribution in [0.1, 0.15) is 12.5 Å². The number of anilines is 1. The Hall–Kier alpha value is -2.12. The fraction of sp³-hybridized carbons (Fsp3) is 0.333. The summed E-state index contributed by atoms with van der Waals surface area (Å²) in [7, 11) is 3.60. The van der Waals surface area contributed by atoms with Crippen LogP contribution >= 0.6 is 0 Å². The highest BCUT2D eigenvalue weighted by Gasteiger charge is 2.16. The minimum atomic E-state index is 0.158. The molecule has 0 aliphatic carbocycles. The minimum Gasteiger partial charge on any atom is -0.383 e. The fourth-order valence-electron chi connectivity index (χ4n) is 2.02. The lowest BCUT2D eigenvalue weighted by molar-refractivity contribution is 0.183. The van der Waals surface area contributed by atoms with E-state index < -0.39 is 0 Å². The van der Waals surface area contributed by atoms with Gasteiger partial charge >= 0.3 is 0 Å². The number of aromatic nitrogens is 1. The Kier molecular flexibility index (Phi) is 3.98. The number of likely N-dealkylation sites (N-methyl/N-ethyl adjacent to an activating group) is 1. The van der Waals surface area contributed by atoms with Gasteiger partial charge in [0.2, 0.25) is 0 Å². The number of nitriles is 1. The van der Waals surface area contributed by atoms with Crippen LogP contribution in [0.3, 0.4) is 0 Å². The summed E-state index contributed by atoms with van der Waals surface area (Å²) in [6.07, 6.45) is 0. The summed E-state index contributed by atoms with van der Waals surface area (Å²) in [5.74, 6) is 0.700. The standard InChI is InChI=1S/C15H17N3O/c1-11(10-19-3)18(2)15-13(9-16)8-12-6-4-5-7-14(12)17-15/h4-8,11H,10H2,1-3H3. The third-order valence-corrected chi connectivity index (χ3v) is 3.23. The molecule has 0 spiro atoms. The molecule has 1 aromatic carbocycles. The minimum absolute atomic E-state index is 0.158. The number of nitrogens with zero attached hydrogens (tertiary/aromatic N) is 3. The van der Waals surface area contributed by atoms with E-state index in [9.17, 15) is 5.26 Å². The summed E-state index contributed by atoms with van der Waals surface area (Å²) in [4.78, 5) is 6.58. The van der Waals surface area contributed by atoms with Crippen molar-refractivity contribution < 1.29 is 4.74 Å². The number of benzene rings is 1. The van der Waals surface area contributed by atoms with Crippen LogP contribution in [0.25, 0.3) is 10.9 Å². The molecule has 2 rings (SSSR count). The molecule has 1 atom stereocenters. The van der Waals surface area contributed by atoms with Gasteiger partial charge in [-0.1, -0.05) is 18.2 Å². The van der Waals surface area contributed by atoms with Crippen molar-refractivity contribution in [3.05, 3.63) is 35.9 Å². The molecule has 98 valence electrons. The molecule has 0 saturated carbocycles. The lowest BCUT2D eigenvalue weighted by Crippen LogP contribution is -2.33. The van der Waals surface area contributed by atoms with E-state index in [1.807, 2.05) is 49.2 Å². The van der Waals surface area contributed by atoms with Gasteiger partial charge in [-0.25, -0.2) is 4.98 Å². The summed E-state index contributed by atoms with van der Waals surface area (Å²) in [5.41, 5.74) is 1.48. The second-order valence-electron chi connectivity index (χ2n) is 4.58. The zero-order chi connectivity index (χ0) is 13.8. The highest BCUT2D eigenvalue weighted by atomic mass is 16.5. The van der Waals surface area contributed by atoms with Gasteiger partial charge in [0.15, 0.2) is 0 Å². The molecule has 0 N–H and O–H groups in total. The van der Waals surface area contributed by atoms with Crippen LogP contribution in [0.2, 0.25) is 0 Å². The Balaban J connectivity index is 2.49. The molecule has 0 bridgehead atoms. The zero-order valence-corrected chi connectivity index (χ0v) is 11.4. The predicted octanol–water partition coefficient (Wildman–Crippen LogP) is 2.58. The maximum absolute atomic E-state index is 9.29. The van der Waals surface area contributed by atoms with Gasteiger partial charge in [0.25, 0.3) is 0 Å². The quantitative estimate of drug-likeness (QED) is 0.842. The van der Waals surface area contributed by atoms with Crippen molar-refractivity contribution in [1.82, 2.24) is 4.98 Å². The molecule has 4 heteroatoms. The summed E-state index contributed by atoms with van der Waals surface area (Å²) in [6.45, 7) is 2.64. The summed E-state index contributed by atoms with van der Waals surface area (Å²) in [5, 5.41) is 10.3. The SMILES string of the molecule is COCC(C)N(C)c1nc2ccccc2cc1C#N. The van der Waals surface area contributed by atoms with E-state index in [4.69, 9.17) is 4.74 Å². The second kappa shape index (κ2) is 5.68. The van der Waals surface area contributed by atoms with E-state index in [1.54, 1.807) is 7.11 Å². The molecule has 4 nitrogen and oxygen atoms in total. The highest BCUT2D eigenvalue weighted by molar-refractivity contribution is 5.83. The largest absolute Gasteiger partial charge is 0.383 e. The van der Waals surface area contributed by atoms with Crippen molar-refractivity contribution in [2.24, 2.45) is 0 Å². The smallest absolute Gasteiger partial charge is 0.147 e. The molecule has 0 fully saturated rings. The topological polar surface area (TPSA) is 49.1 Å². The first kappa shape index (κ1) is 13.3. The van der Waals surface area contributed by atoms with E-state index in [1.165, 1.54) is 0 Å². The third kappa shape index (κ3) is 2.67. The van der Waals surface area contributed by atoms with Crippen LogP contribution in [0.15, 0.2) is 30.3 Å². The highest BCUT2D eigenvalue weighted by Crippen LogP contribution is 2.23. The lowest BCUT2D eigenvalue weighted by atomic mass is 10.1. The molecule has 0 saturated heterocycles. The van der Waals surface area contributed by atoms with Crippen LogP contribution in [-0.4, -0.2) is 31.8 Å². The summed E-state index contributed by atoms with van der Waals surface area (Å²) >= 11 is 0. The van der Waals surface area contributed by atoms with Gasteiger partial charge in [0.1, 0.15) is 11.9 Å². The van der Waals surface area contributed by atoms with Crippen molar-refractivity contribution in [2.45, 2.75) is 13.0 Å². The number of pyridine rings is 1. The maximum atomic E-state index is 9.29. The number of rotatable bonds is 4.